The van der Waals surface area contributed by atoms with Gasteiger partial charge in [0, 0.05) is 18.1 Å². The third-order valence-corrected chi connectivity index (χ3v) is 3.84. The average molecular weight is 279 g/mol. The second-order valence-electron chi connectivity index (χ2n) is 3.91. The van der Waals surface area contributed by atoms with Gasteiger partial charge < -0.3 is 10.4 Å². The number of hydrogen-bond donors (Lipinski definition) is 2. The van der Waals surface area contributed by atoms with Gasteiger partial charge in [0.1, 0.15) is 10.7 Å². The number of nitrogens with zero attached hydrogens (tertiary/aromatic N) is 2. The molecule has 7 heteroatoms. The Bertz CT molecular complexity index is 630. The van der Waals surface area contributed by atoms with Crippen molar-refractivity contribution in [2.75, 3.05) is 5.32 Å². The minimum atomic E-state index is -1.05. The molecule has 6 nitrogen and oxygen atoms in total. The number of amides is 1. The predicted octanol–water partition coefficient (Wildman–Crippen LogP) is 1.99. The summed E-state index contributed by atoms with van der Waals surface area (Å²) in [4.78, 5) is 24.0. The van der Waals surface area contributed by atoms with Gasteiger partial charge in [-0.1, -0.05) is 6.92 Å². The van der Waals surface area contributed by atoms with Gasteiger partial charge in [-0.3, -0.25) is 9.48 Å². The van der Waals surface area contributed by atoms with Crippen LogP contribution in [-0.2, 0) is 13.5 Å². The van der Waals surface area contributed by atoms with E-state index in [2.05, 4.69) is 10.4 Å². The van der Waals surface area contributed by atoms with E-state index in [1.165, 1.54) is 22.2 Å². The number of anilines is 1. The van der Waals surface area contributed by atoms with E-state index >= 15 is 0 Å². The molecule has 0 bridgehead atoms. The summed E-state index contributed by atoms with van der Waals surface area (Å²) in [6, 6.07) is 3.16. The van der Waals surface area contributed by atoms with Crippen LogP contribution in [0, 0.1) is 0 Å². The van der Waals surface area contributed by atoms with E-state index in [1.54, 1.807) is 19.2 Å². The zero-order valence-corrected chi connectivity index (χ0v) is 11.3. The molecule has 0 aromatic carbocycles. The summed E-state index contributed by atoms with van der Waals surface area (Å²) in [5.41, 5.74) is 0.500. The zero-order valence-electron chi connectivity index (χ0n) is 10.5. The number of hydrogen-bond acceptors (Lipinski definition) is 4. The molecule has 2 heterocycles. The van der Waals surface area contributed by atoms with Crippen molar-refractivity contribution in [1.82, 2.24) is 9.78 Å². The van der Waals surface area contributed by atoms with Gasteiger partial charge in [-0.2, -0.15) is 5.10 Å². The Labute approximate surface area is 113 Å². The second-order valence-corrected chi connectivity index (χ2v) is 5.05. The Hall–Kier alpha value is -2.15. The minimum Gasteiger partial charge on any atom is -0.478 e. The van der Waals surface area contributed by atoms with E-state index in [1.807, 2.05) is 6.92 Å². The molecule has 2 aromatic rings. The lowest BCUT2D eigenvalue weighted by Gasteiger charge is -2.04. The van der Waals surface area contributed by atoms with Crippen LogP contribution in [0.5, 0.6) is 0 Å². The smallest absolute Gasteiger partial charge is 0.338 e. The molecule has 0 aliphatic heterocycles. The van der Waals surface area contributed by atoms with E-state index in [9.17, 15) is 9.59 Å². The first-order valence-corrected chi connectivity index (χ1v) is 6.50. The molecule has 0 saturated heterocycles. The highest BCUT2D eigenvalue weighted by Gasteiger charge is 2.18. The van der Waals surface area contributed by atoms with Crippen molar-refractivity contribution >= 4 is 28.2 Å². The molecule has 0 radical (unpaired) electrons. The van der Waals surface area contributed by atoms with Crippen molar-refractivity contribution in [2.45, 2.75) is 13.3 Å². The summed E-state index contributed by atoms with van der Waals surface area (Å²) in [7, 11) is 1.65. The van der Waals surface area contributed by atoms with E-state index in [0.29, 0.717) is 10.7 Å². The van der Waals surface area contributed by atoms with Crippen LogP contribution in [0.15, 0.2) is 18.3 Å². The molecular formula is C12H13N3O3S. The average Bonchev–Trinajstić information content (AvgIpc) is 2.95. The SMILES string of the molecule is CCc1cc(C(=O)O)c(NC(=O)c2ccnn2C)s1. The standard InChI is InChI=1S/C12H13N3O3S/c1-3-7-6-8(12(17)18)11(19-7)14-10(16)9-4-5-13-15(9)2/h4-6H,3H2,1-2H3,(H,14,16)(H,17,18). The number of nitrogens with one attached hydrogen (secondary N) is 1. The topological polar surface area (TPSA) is 84.2 Å². The van der Waals surface area contributed by atoms with Gasteiger partial charge in [0.05, 0.1) is 5.56 Å². The number of rotatable bonds is 4. The fraction of sp³-hybridized carbons (Fsp3) is 0.250. The summed E-state index contributed by atoms with van der Waals surface area (Å²) in [6.07, 6.45) is 2.24. The molecule has 2 rings (SSSR count). The Morgan fingerprint density at radius 2 is 2.26 bits per heavy atom. The van der Waals surface area contributed by atoms with Crippen molar-refractivity contribution in [3.63, 3.8) is 0 Å². The van der Waals surface area contributed by atoms with Crippen LogP contribution in [0.4, 0.5) is 5.00 Å². The van der Waals surface area contributed by atoms with Gasteiger partial charge in [-0.25, -0.2) is 4.79 Å². The molecule has 0 fully saturated rings. The van der Waals surface area contributed by atoms with Gasteiger partial charge in [0.2, 0.25) is 0 Å². The number of thiophene rings is 1. The summed E-state index contributed by atoms with van der Waals surface area (Å²) in [6.45, 7) is 1.93. The van der Waals surface area contributed by atoms with Crippen LogP contribution in [-0.4, -0.2) is 26.8 Å². The fourth-order valence-corrected chi connectivity index (χ4v) is 2.62. The maximum Gasteiger partial charge on any atom is 0.338 e. The van der Waals surface area contributed by atoms with Crippen molar-refractivity contribution < 1.29 is 14.7 Å². The summed E-state index contributed by atoms with van der Waals surface area (Å²) in [5.74, 6) is -1.41. The van der Waals surface area contributed by atoms with Gasteiger partial charge >= 0.3 is 5.97 Å². The van der Waals surface area contributed by atoms with Crippen LogP contribution in [0.2, 0.25) is 0 Å². The molecule has 2 N–H and O–H groups in total. The minimum absolute atomic E-state index is 0.123. The Kier molecular flexibility index (Phi) is 3.66. The maximum absolute atomic E-state index is 12.0. The van der Waals surface area contributed by atoms with E-state index in [0.717, 1.165) is 11.3 Å². The number of aromatic carboxylic acids is 1. The molecule has 2 aromatic heterocycles. The number of aryl methyl sites for hydroxylation is 2. The molecule has 0 saturated carbocycles. The van der Waals surface area contributed by atoms with Crippen LogP contribution < -0.4 is 5.32 Å². The number of carboxylic acid groups (broad SMARTS) is 1. The number of aromatic nitrogens is 2. The van der Waals surface area contributed by atoms with Crippen molar-refractivity contribution in [1.29, 1.82) is 0 Å². The lowest BCUT2D eigenvalue weighted by atomic mass is 10.2. The largest absolute Gasteiger partial charge is 0.478 e. The van der Waals surface area contributed by atoms with Gasteiger partial charge in [0.15, 0.2) is 0 Å². The third kappa shape index (κ3) is 2.65. The lowest BCUT2D eigenvalue weighted by molar-refractivity contribution is 0.0698. The summed E-state index contributed by atoms with van der Waals surface area (Å²) >= 11 is 1.28. The van der Waals surface area contributed by atoms with Crippen molar-refractivity contribution in [3.05, 3.63) is 34.5 Å². The molecule has 1 amide bonds. The first-order valence-electron chi connectivity index (χ1n) is 5.68. The zero-order chi connectivity index (χ0) is 14.0. The van der Waals surface area contributed by atoms with Crippen LogP contribution >= 0.6 is 11.3 Å². The molecule has 0 aliphatic carbocycles. The Morgan fingerprint density at radius 3 is 2.79 bits per heavy atom. The predicted molar refractivity (Wildman–Crippen MR) is 71.8 cm³/mol. The first-order chi connectivity index (χ1) is 9.02. The lowest BCUT2D eigenvalue weighted by Crippen LogP contribution is -2.16. The molecule has 0 atom stereocenters. The maximum atomic E-state index is 12.0. The second kappa shape index (κ2) is 5.23. The van der Waals surface area contributed by atoms with Crippen LogP contribution in [0.1, 0.15) is 32.6 Å². The number of carbonyl (C=O) groups excluding carboxylic acids is 1. The van der Waals surface area contributed by atoms with Crippen molar-refractivity contribution in [2.24, 2.45) is 7.05 Å². The molecule has 100 valence electrons. The van der Waals surface area contributed by atoms with Crippen LogP contribution in [0.25, 0.3) is 0 Å². The highest BCUT2D eigenvalue weighted by Crippen LogP contribution is 2.29. The normalized spacial score (nSPS) is 10.4. The van der Waals surface area contributed by atoms with Crippen LogP contribution in [0.3, 0.4) is 0 Å². The van der Waals surface area contributed by atoms with E-state index < -0.39 is 5.97 Å². The Morgan fingerprint density at radius 1 is 1.53 bits per heavy atom. The Balaban J connectivity index is 2.28. The fourth-order valence-electron chi connectivity index (χ4n) is 1.63. The molecule has 19 heavy (non-hydrogen) atoms. The van der Waals surface area contributed by atoms with E-state index in [-0.39, 0.29) is 11.5 Å². The molecular weight excluding hydrogens is 266 g/mol. The van der Waals surface area contributed by atoms with Gasteiger partial charge in [-0.05, 0) is 18.6 Å². The van der Waals surface area contributed by atoms with Gasteiger partial charge in [0.25, 0.3) is 5.91 Å². The summed E-state index contributed by atoms with van der Waals surface area (Å²) in [5, 5.41) is 16.0. The number of carbonyl (C=O) groups is 2. The summed E-state index contributed by atoms with van der Waals surface area (Å²) < 4.78 is 1.43. The number of carboxylic acids is 1. The molecule has 0 spiro atoms. The third-order valence-electron chi connectivity index (χ3n) is 2.64. The first kappa shape index (κ1) is 13.3. The quantitative estimate of drug-likeness (QED) is 0.896. The highest BCUT2D eigenvalue weighted by molar-refractivity contribution is 7.16. The molecule has 0 aliphatic rings. The van der Waals surface area contributed by atoms with Gasteiger partial charge in [-0.15, -0.1) is 11.3 Å². The highest BCUT2D eigenvalue weighted by atomic mass is 32.1. The molecule has 0 unspecified atom stereocenters. The van der Waals surface area contributed by atoms with E-state index in [4.69, 9.17) is 5.11 Å². The monoisotopic (exact) mass is 279 g/mol. The van der Waals surface area contributed by atoms with Crippen molar-refractivity contribution in [3.8, 4) is 0 Å².